The molecule has 4 heteroatoms. The summed E-state index contributed by atoms with van der Waals surface area (Å²) in [6.45, 7) is 1.70. The summed E-state index contributed by atoms with van der Waals surface area (Å²) in [5, 5.41) is 6.41. The van der Waals surface area contributed by atoms with Crippen LogP contribution in [0.3, 0.4) is 0 Å². The molecular weight excluding hydrogens is 260 g/mol. The van der Waals surface area contributed by atoms with Crippen molar-refractivity contribution in [2.24, 2.45) is 11.8 Å². The van der Waals surface area contributed by atoms with Gasteiger partial charge in [-0.1, -0.05) is 24.3 Å². The molecule has 2 fully saturated rings. The van der Waals surface area contributed by atoms with Crippen molar-refractivity contribution < 1.29 is 4.79 Å². The fraction of sp³-hybridized carbons (Fsp3) is 0.533. The number of amides is 1. The van der Waals surface area contributed by atoms with E-state index in [0.29, 0.717) is 17.9 Å². The summed E-state index contributed by atoms with van der Waals surface area (Å²) in [6, 6.07) is 9.12. The number of carbonyl (C=O) groups excluding carboxylic acids is 1. The second-order valence-electron chi connectivity index (χ2n) is 5.82. The molecule has 4 rings (SSSR count). The van der Waals surface area contributed by atoms with Crippen LogP contribution in [0.1, 0.15) is 23.5 Å². The second-order valence-corrected chi connectivity index (χ2v) is 5.82. The van der Waals surface area contributed by atoms with Crippen molar-refractivity contribution in [1.82, 2.24) is 10.6 Å². The standard InChI is InChI=1S/C15H18N2O.ClH/c18-15(10-7-16-8-10)17-14-12-6-5-9-3-1-2-4-11(9)13(12)14;/h1-4,10,12-14,16H,5-8H2,(H,17,18);1H. The van der Waals surface area contributed by atoms with Gasteiger partial charge in [-0.25, -0.2) is 0 Å². The first-order valence-corrected chi connectivity index (χ1v) is 6.93. The Bertz CT molecular complexity index is 501. The summed E-state index contributed by atoms with van der Waals surface area (Å²) in [4.78, 5) is 12.0. The van der Waals surface area contributed by atoms with E-state index in [1.807, 2.05) is 0 Å². The number of carbonyl (C=O) groups is 1. The first kappa shape index (κ1) is 12.9. The van der Waals surface area contributed by atoms with Gasteiger partial charge >= 0.3 is 0 Å². The predicted octanol–water partition coefficient (Wildman–Crippen LogP) is 1.47. The fourth-order valence-corrected chi connectivity index (χ4v) is 3.52. The molecule has 0 bridgehead atoms. The van der Waals surface area contributed by atoms with E-state index < -0.39 is 0 Å². The van der Waals surface area contributed by atoms with Crippen LogP contribution in [0.2, 0.25) is 0 Å². The number of hydrogen-bond acceptors (Lipinski definition) is 2. The summed E-state index contributed by atoms with van der Waals surface area (Å²) in [5.41, 5.74) is 2.96. The molecule has 1 aliphatic heterocycles. The Kier molecular flexibility index (Phi) is 3.27. The lowest BCUT2D eigenvalue weighted by Gasteiger charge is -2.25. The van der Waals surface area contributed by atoms with Crippen LogP contribution < -0.4 is 10.6 Å². The van der Waals surface area contributed by atoms with Crippen LogP contribution >= 0.6 is 12.4 Å². The summed E-state index contributed by atoms with van der Waals surface area (Å²) in [5.74, 6) is 1.75. The molecule has 3 atom stereocenters. The van der Waals surface area contributed by atoms with E-state index in [-0.39, 0.29) is 24.2 Å². The van der Waals surface area contributed by atoms with Crippen molar-refractivity contribution >= 4 is 18.3 Å². The number of halogens is 1. The van der Waals surface area contributed by atoms with E-state index in [2.05, 4.69) is 34.9 Å². The van der Waals surface area contributed by atoms with Gasteiger partial charge in [0, 0.05) is 25.0 Å². The van der Waals surface area contributed by atoms with E-state index in [0.717, 1.165) is 13.1 Å². The molecule has 1 saturated heterocycles. The molecular formula is C15H19ClN2O. The highest BCUT2D eigenvalue weighted by Gasteiger charge is 2.54. The maximum absolute atomic E-state index is 12.0. The zero-order valence-electron chi connectivity index (χ0n) is 10.8. The van der Waals surface area contributed by atoms with Crippen molar-refractivity contribution in [2.45, 2.75) is 24.8 Å². The molecule has 0 spiro atoms. The average molecular weight is 279 g/mol. The normalized spacial score (nSPS) is 31.3. The first-order valence-electron chi connectivity index (χ1n) is 6.93. The zero-order valence-corrected chi connectivity index (χ0v) is 11.6. The largest absolute Gasteiger partial charge is 0.352 e. The third kappa shape index (κ3) is 2.05. The van der Waals surface area contributed by atoms with Gasteiger partial charge in [0.05, 0.1) is 5.92 Å². The Balaban J connectivity index is 0.00000110. The molecule has 3 aliphatic rings. The molecule has 3 unspecified atom stereocenters. The summed E-state index contributed by atoms with van der Waals surface area (Å²) in [7, 11) is 0. The van der Waals surface area contributed by atoms with Crippen LogP contribution in [-0.4, -0.2) is 25.0 Å². The Morgan fingerprint density at radius 1 is 1.26 bits per heavy atom. The van der Waals surface area contributed by atoms with Crippen LogP contribution in [0.25, 0.3) is 0 Å². The zero-order chi connectivity index (χ0) is 12.1. The minimum absolute atomic E-state index is 0. The van der Waals surface area contributed by atoms with Gasteiger partial charge in [0.25, 0.3) is 0 Å². The quantitative estimate of drug-likeness (QED) is 0.860. The topological polar surface area (TPSA) is 41.1 Å². The Labute approximate surface area is 119 Å². The smallest absolute Gasteiger partial charge is 0.225 e. The predicted molar refractivity (Wildman–Crippen MR) is 76.5 cm³/mol. The minimum atomic E-state index is 0. The van der Waals surface area contributed by atoms with Gasteiger partial charge in [-0.15, -0.1) is 12.4 Å². The van der Waals surface area contributed by atoms with Gasteiger partial charge < -0.3 is 10.6 Å². The number of rotatable bonds is 2. The molecule has 0 aromatic heterocycles. The minimum Gasteiger partial charge on any atom is -0.352 e. The van der Waals surface area contributed by atoms with E-state index in [1.165, 1.54) is 24.0 Å². The molecule has 0 radical (unpaired) electrons. The highest BCUT2D eigenvalue weighted by Crippen LogP contribution is 2.54. The summed E-state index contributed by atoms with van der Waals surface area (Å²) >= 11 is 0. The Morgan fingerprint density at radius 2 is 2.05 bits per heavy atom. The van der Waals surface area contributed by atoms with Crippen LogP contribution in [-0.2, 0) is 11.2 Å². The monoisotopic (exact) mass is 278 g/mol. The lowest BCUT2D eigenvalue weighted by molar-refractivity contribution is -0.126. The van der Waals surface area contributed by atoms with Crippen LogP contribution in [0.15, 0.2) is 24.3 Å². The molecule has 19 heavy (non-hydrogen) atoms. The van der Waals surface area contributed by atoms with E-state index in [4.69, 9.17) is 0 Å². The third-order valence-corrected chi connectivity index (χ3v) is 4.79. The van der Waals surface area contributed by atoms with Crippen molar-refractivity contribution in [3.05, 3.63) is 35.4 Å². The van der Waals surface area contributed by atoms with Gasteiger partial charge in [0.2, 0.25) is 5.91 Å². The molecule has 1 saturated carbocycles. The molecule has 102 valence electrons. The molecule has 1 heterocycles. The number of nitrogens with one attached hydrogen (secondary N) is 2. The van der Waals surface area contributed by atoms with Gasteiger partial charge in [0.1, 0.15) is 0 Å². The van der Waals surface area contributed by atoms with E-state index in [9.17, 15) is 4.79 Å². The highest BCUT2D eigenvalue weighted by atomic mass is 35.5. The highest BCUT2D eigenvalue weighted by molar-refractivity contribution is 5.85. The van der Waals surface area contributed by atoms with Crippen molar-refractivity contribution in [3.63, 3.8) is 0 Å². The van der Waals surface area contributed by atoms with Crippen LogP contribution in [0.5, 0.6) is 0 Å². The van der Waals surface area contributed by atoms with Crippen molar-refractivity contribution in [2.75, 3.05) is 13.1 Å². The molecule has 2 aliphatic carbocycles. The van der Waals surface area contributed by atoms with Crippen LogP contribution in [0.4, 0.5) is 0 Å². The SMILES string of the molecule is Cl.O=C(NC1C2CCc3ccccc3C21)C1CNC1. The maximum atomic E-state index is 12.0. The maximum Gasteiger partial charge on any atom is 0.225 e. The molecule has 2 N–H and O–H groups in total. The van der Waals surface area contributed by atoms with E-state index in [1.54, 1.807) is 0 Å². The number of hydrogen-bond donors (Lipinski definition) is 2. The first-order chi connectivity index (χ1) is 8.84. The van der Waals surface area contributed by atoms with E-state index >= 15 is 0 Å². The van der Waals surface area contributed by atoms with Gasteiger partial charge in [0.15, 0.2) is 0 Å². The van der Waals surface area contributed by atoms with Crippen molar-refractivity contribution in [1.29, 1.82) is 0 Å². The summed E-state index contributed by atoms with van der Waals surface area (Å²) < 4.78 is 0. The summed E-state index contributed by atoms with van der Waals surface area (Å²) in [6.07, 6.45) is 2.41. The molecule has 1 aromatic rings. The van der Waals surface area contributed by atoms with Gasteiger partial charge in [-0.3, -0.25) is 4.79 Å². The van der Waals surface area contributed by atoms with Gasteiger partial charge in [-0.2, -0.15) is 0 Å². The second kappa shape index (κ2) is 4.80. The average Bonchev–Trinajstić information content (AvgIpc) is 3.01. The Hall–Kier alpha value is -1.06. The van der Waals surface area contributed by atoms with Crippen molar-refractivity contribution in [3.8, 4) is 0 Å². The van der Waals surface area contributed by atoms with Gasteiger partial charge in [-0.05, 0) is 29.9 Å². The molecule has 1 aromatic carbocycles. The number of aryl methyl sites for hydroxylation is 1. The third-order valence-electron chi connectivity index (χ3n) is 4.79. The molecule has 3 nitrogen and oxygen atoms in total. The van der Waals surface area contributed by atoms with Crippen LogP contribution in [0, 0.1) is 11.8 Å². The fourth-order valence-electron chi connectivity index (χ4n) is 3.52. The number of benzene rings is 1. The lowest BCUT2D eigenvalue weighted by atomic mass is 9.92. The molecule has 1 amide bonds. The Morgan fingerprint density at radius 3 is 2.79 bits per heavy atom. The lowest BCUT2D eigenvalue weighted by Crippen LogP contribution is -2.51. The number of fused-ring (bicyclic) bond motifs is 3.